The van der Waals surface area contributed by atoms with E-state index in [1.165, 1.54) is 11.1 Å². The number of carbonyl (C=O) groups is 1. The lowest BCUT2D eigenvalue weighted by Crippen LogP contribution is -2.26. The van der Waals surface area contributed by atoms with Crippen LogP contribution in [0.5, 0.6) is 0 Å². The normalized spacial score (nSPS) is 15.9. The van der Waals surface area contributed by atoms with Crippen LogP contribution in [0.1, 0.15) is 48.4 Å². The summed E-state index contributed by atoms with van der Waals surface area (Å²) in [6, 6.07) is 24.9. The van der Waals surface area contributed by atoms with Crippen LogP contribution in [-0.4, -0.2) is 25.9 Å². The topological polar surface area (TPSA) is 70.4 Å². The Morgan fingerprint density at radius 3 is 2.57 bits per heavy atom. The molecule has 0 amide bonds. The summed E-state index contributed by atoms with van der Waals surface area (Å²) in [6.45, 7) is 3.73. The number of benzene rings is 3. The van der Waals surface area contributed by atoms with Crippen molar-refractivity contribution in [1.29, 1.82) is 0 Å². The van der Waals surface area contributed by atoms with Gasteiger partial charge < -0.3 is 26.1 Å². The van der Waals surface area contributed by atoms with Crippen molar-refractivity contribution in [2.45, 2.75) is 45.2 Å². The number of nitrogens with two attached hydrogens (primary N) is 1. The van der Waals surface area contributed by atoms with Crippen molar-refractivity contribution in [1.82, 2.24) is 5.32 Å². The molecule has 1 unspecified atom stereocenters. The van der Waals surface area contributed by atoms with E-state index in [1.54, 1.807) is 0 Å². The molecule has 1 heterocycles. The van der Waals surface area contributed by atoms with Gasteiger partial charge in [-0.1, -0.05) is 61.5 Å². The fraction of sp³-hybridized carbons (Fsp3) is 0.300. The molecule has 3 aromatic rings. The summed E-state index contributed by atoms with van der Waals surface area (Å²) in [7, 11) is 2.12. The van der Waals surface area contributed by atoms with Gasteiger partial charge in [0.25, 0.3) is 0 Å². The summed E-state index contributed by atoms with van der Waals surface area (Å²) in [6.07, 6.45) is 4.66. The first-order valence-electron chi connectivity index (χ1n) is 12.5. The molecular weight excluding hydrogens is 432 g/mol. The molecule has 35 heavy (non-hydrogen) atoms. The van der Waals surface area contributed by atoms with Crippen molar-refractivity contribution in [3.8, 4) is 0 Å². The van der Waals surface area contributed by atoms with Crippen molar-refractivity contribution in [3.63, 3.8) is 0 Å². The molecule has 0 saturated heterocycles. The van der Waals surface area contributed by atoms with Gasteiger partial charge in [-0.3, -0.25) is 0 Å². The van der Waals surface area contributed by atoms with Crippen LogP contribution in [0.3, 0.4) is 0 Å². The van der Waals surface area contributed by atoms with Crippen LogP contribution in [0.2, 0.25) is 0 Å². The first-order valence-corrected chi connectivity index (χ1v) is 12.5. The Morgan fingerprint density at radius 2 is 1.77 bits per heavy atom. The van der Waals surface area contributed by atoms with Crippen molar-refractivity contribution in [2.75, 3.05) is 23.8 Å². The maximum atomic E-state index is 11.7. The molecule has 0 aromatic heterocycles. The number of fused-ring (bicyclic) bond motifs is 2. The monoisotopic (exact) mass is 468 g/mol. The molecule has 0 bridgehead atoms. The standard InChI is InChI=1S/C30H36N4O/c1-3-22-11-10-14-24(19-22)33-25(21-35)13-8-9-18-32-30-27-16-6-7-17-28(27)34(2)20-23-12-4-5-15-26(23)29(30)31/h4-7,10-12,14-17,19,21,25,32-33H,3,8-9,13,18,20,31H2,1-2H3/b30-29-. The summed E-state index contributed by atoms with van der Waals surface area (Å²) in [5.74, 6) is 0. The highest BCUT2D eigenvalue weighted by Gasteiger charge is 2.20. The minimum atomic E-state index is -0.186. The Morgan fingerprint density at radius 1 is 1.00 bits per heavy atom. The van der Waals surface area contributed by atoms with E-state index in [2.05, 4.69) is 84.1 Å². The first kappa shape index (κ1) is 24.4. The highest BCUT2D eigenvalue weighted by Crippen LogP contribution is 2.33. The molecule has 0 fully saturated rings. The Bertz CT molecular complexity index is 1190. The molecule has 0 radical (unpaired) electrons. The first-order chi connectivity index (χ1) is 17.1. The quantitative estimate of drug-likeness (QED) is 0.274. The maximum absolute atomic E-state index is 11.7. The van der Waals surface area contributed by atoms with E-state index in [0.29, 0.717) is 0 Å². The molecule has 1 atom stereocenters. The minimum absolute atomic E-state index is 0.186. The van der Waals surface area contributed by atoms with Gasteiger partial charge in [0.15, 0.2) is 0 Å². The number of anilines is 2. The van der Waals surface area contributed by atoms with Crippen molar-refractivity contribution < 1.29 is 4.79 Å². The molecule has 0 saturated carbocycles. The molecule has 5 heteroatoms. The number of hydrogen-bond donors (Lipinski definition) is 3. The third kappa shape index (κ3) is 5.86. The molecular formula is C30H36N4O. The minimum Gasteiger partial charge on any atom is -0.397 e. The fourth-order valence-corrected chi connectivity index (χ4v) is 4.72. The largest absolute Gasteiger partial charge is 0.397 e. The van der Waals surface area contributed by atoms with Crippen molar-refractivity contribution >= 4 is 29.1 Å². The van der Waals surface area contributed by atoms with E-state index in [9.17, 15) is 4.79 Å². The molecule has 1 aliphatic heterocycles. The van der Waals surface area contributed by atoms with Crippen LogP contribution >= 0.6 is 0 Å². The smallest absolute Gasteiger partial charge is 0.142 e. The second kappa shape index (κ2) is 11.6. The Hall–Kier alpha value is -3.73. The van der Waals surface area contributed by atoms with E-state index >= 15 is 0 Å². The van der Waals surface area contributed by atoms with Gasteiger partial charge in [-0.2, -0.15) is 0 Å². The maximum Gasteiger partial charge on any atom is 0.142 e. The number of nitrogens with one attached hydrogen (secondary N) is 2. The van der Waals surface area contributed by atoms with Crippen molar-refractivity contribution in [2.24, 2.45) is 5.73 Å². The summed E-state index contributed by atoms with van der Waals surface area (Å²) >= 11 is 0. The lowest BCUT2D eigenvalue weighted by Gasteiger charge is -2.29. The van der Waals surface area contributed by atoms with Crippen LogP contribution in [0, 0.1) is 0 Å². The van der Waals surface area contributed by atoms with Crippen LogP contribution in [0.25, 0.3) is 11.4 Å². The molecule has 0 spiro atoms. The highest BCUT2D eigenvalue weighted by atomic mass is 16.1. The lowest BCUT2D eigenvalue weighted by atomic mass is 9.96. The number of aldehydes is 1. The fourth-order valence-electron chi connectivity index (χ4n) is 4.72. The van der Waals surface area contributed by atoms with E-state index in [-0.39, 0.29) is 6.04 Å². The van der Waals surface area contributed by atoms with Crippen molar-refractivity contribution in [3.05, 3.63) is 95.1 Å². The second-order valence-electron chi connectivity index (χ2n) is 9.18. The lowest BCUT2D eigenvalue weighted by molar-refractivity contribution is -0.108. The van der Waals surface area contributed by atoms with Gasteiger partial charge in [0.1, 0.15) is 6.29 Å². The van der Waals surface area contributed by atoms with Gasteiger partial charge in [-0.25, -0.2) is 0 Å². The van der Waals surface area contributed by atoms with E-state index in [4.69, 9.17) is 5.73 Å². The SMILES string of the molecule is CCc1cccc(NC(C=O)CCCCN/C2=C(\N)c3ccccc3CN(C)c3ccccc32)c1. The van der Waals surface area contributed by atoms with E-state index in [0.717, 1.165) is 79.0 Å². The van der Waals surface area contributed by atoms with Gasteiger partial charge in [-0.05, 0) is 55.0 Å². The molecule has 4 rings (SSSR count). The zero-order chi connectivity index (χ0) is 24.6. The van der Waals surface area contributed by atoms with Crippen LogP contribution < -0.4 is 21.3 Å². The van der Waals surface area contributed by atoms with E-state index < -0.39 is 0 Å². The average Bonchev–Trinajstić information content (AvgIpc) is 2.89. The summed E-state index contributed by atoms with van der Waals surface area (Å²) in [4.78, 5) is 13.9. The Labute approximate surface area is 209 Å². The average molecular weight is 469 g/mol. The second-order valence-corrected chi connectivity index (χ2v) is 9.18. The van der Waals surface area contributed by atoms with Gasteiger partial charge in [0.2, 0.25) is 0 Å². The van der Waals surface area contributed by atoms with Gasteiger partial charge in [0.05, 0.1) is 17.4 Å². The molecule has 0 aliphatic carbocycles. The van der Waals surface area contributed by atoms with Crippen LogP contribution in [-0.2, 0) is 17.8 Å². The molecule has 182 valence electrons. The van der Waals surface area contributed by atoms with Crippen LogP contribution in [0.4, 0.5) is 11.4 Å². The summed E-state index contributed by atoms with van der Waals surface area (Å²) in [5.41, 5.74) is 15.4. The number of nitrogens with zero attached hydrogens (tertiary/aromatic N) is 1. The highest BCUT2D eigenvalue weighted by molar-refractivity contribution is 5.93. The van der Waals surface area contributed by atoms with Gasteiger partial charge in [0, 0.05) is 42.6 Å². The van der Waals surface area contributed by atoms with Gasteiger partial charge in [-0.15, -0.1) is 0 Å². The zero-order valence-electron chi connectivity index (χ0n) is 20.8. The van der Waals surface area contributed by atoms with E-state index in [1.807, 2.05) is 18.2 Å². The summed E-state index contributed by atoms with van der Waals surface area (Å²) < 4.78 is 0. The predicted molar refractivity (Wildman–Crippen MR) is 147 cm³/mol. The van der Waals surface area contributed by atoms with Gasteiger partial charge >= 0.3 is 0 Å². The third-order valence-electron chi connectivity index (χ3n) is 6.66. The number of unbranched alkanes of at least 4 members (excludes halogenated alkanes) is 1. The number of para-hydroxylation sites is 1. The summed E-state index contributed by atoms with van der Waals surface area (Å²) in [5, 5.41) is 7.00. The molecule has 1 aliphatic rings. The zero-order valence-corrected chi connectivity index (χ0v) is 20.8. The predicted octanol–water partition coefficient (Wildman–Crippen LogP) is 5.42. The Kier molecular flexibility index (Phi) is 8.09. The number of carbonyl (C=O) groups excluding carboxylic acids is 1. The molecule has 5 nitrogen and oxygen atoms in total. The van der Waals surface area contributed by atoms with Crippen LogP contribution in [0.15, 0.2) is 72.8 Å². The number of aryl methyl sites for hydroxylation is 1. The number of hydrogen-bond acceptors (Lipinski definition) is 5. The molecule has 4 N–H and O–H groups in total. The number of rotatable bonds is 10. The third-order valence-corrected chi connectivity index (χ3v) is 6.66. The Balaban J connectivity index is 1.42. The molecule has 3 aromatic carbocycles.